The Hall–Kier alpha value is -0.570. The molecule has 0 bridgehead atoms. The highest BCUT2D eigenvalue weighted by molar-refractivity contribution is 5.66. The summed E-state index contributed by atoms with van der Waals surface area (Å²) in [5, 5.41) is 17.6. The van der Waals surface area contributed by atoms with Crippen LogP contribution in [0.4, 0.5) is 0 Å². The van der Waals surface area contributed by atoms with Crippen molar-refractivity contribution in [3.05, 3.63) is 0 Å². The molecular weight excluding hydrogens is 132 g/mol. The topological polar surface area (TPSA) is 57.5 Å². The summed E-state index contributed by atoms with van der Waals surface area (Å²) in [6.07, 6.45) is 0.972. The summed E-state index contributed by atoms with van der Waals surface area (Å²) in [6, 6.07) is 0. The lowest BCUT2D eigenvalue weighted by Gasteiger charge is -2.19. The average Bonchev–Trinajstić information content (AvgIpc) is 1.85. The molecule has 3 heteroatoms. The number of carboxylic acids is 1. The Labute approximate surface area is 60.7 Å². The number of aliphatic carboxylic acids is 1. The molecular formula is C7H14O3. The minimum absolute atomic E-state index is 0.0425. The molecule has 0 aliphatic carbocycles. The van der Waals surface area contributed by atoms with E-state index in [0.29, 0.717) is 12.8 Å². The Balaban J connectivity index is 3.56. The molecule has 0 spiro atoms. The van der Waals surface area contributed by atoms with E-state index in [1.165, 1.54) is 0 Å². The third kappa shape index (κ3) is 4.32. The number of rotatable bonds is 4. The molecule has 0 saturated heterocycles. The quantitative estimate of drug-likeness (QED) is 0.622. The summed E-state index contributed by atoms with van der Waals surface area (Å²) < 4.78 is 0. The molecule has 0 radical (unpaired) electrons. The van der Waals surface area contributed by atoms with Gasteiger partial charge in [-0.2, -0.15) is 0 Å². The monoisotopic (exact) mass is 146 g/mol. The summed E-state index contributed by atoms with van der Waals surface area (Å²) in [7, 11) is 0. The maximum Gasteiger partial charge on any atom is 0.303 e. The molecule has 0 heterocycles. The van der Waals surface area contributed by atoms with Crippen molar-refractivity contribution in [2.24, 2.45) is 0 Å². The number of hydrogen-bond donors (Lipinski definition) is 2. The molecule has 0 rings (SSSR count). The molecule has 0 aliphatic rings. The molecule has 0 amide bonds. The summed E-state index contributed by atoms with van der Waals surface area (Å²) in [6.45, 7) is 3.48. The number of aliphatic hydroxyl groups is 1. The van der Waals surface area contributed by atoms with Gasteiger partial charge in [-0.05, 0) is 19.8 Å². The summed E-state index contributed by atoms with van der Waals surface area (Å²) in [5.41, 5.74) is -0.807. The normalized spacial score (nSPS) is 16.3. The van der Waals surface area contributed by atoms with Crippen LogP contribution in [-0.4, -0.2) is 21.8 Å². The zero-order valence-corrected chi connectivity index (χ0v) is 6.42. The van der Waals surface area contributed by atoms with E-state index in [1.54, 1.807) is 6.92 Å². The van der Waals surface area contributed by atoms with Crippen molar-refractivity contribution >= 4 is 5.97 Å². The maximum atomic E-state index is 10.1. The Morgan fingerprint density at radius 2 is 2.10 bits per heavy atom. The van der Waals surface area contributed by atoms with E-state index >= 15 is 0 Å². The number of carboxylic acid groups (broad SMARTS) is 1. The van der Waals surface area contributed by atoms with Crippen LogP contribution in [0.3, 0.4) is 0 Å². The van der Waals surface area contributed by atoms with Crippen molar-refractivity contribution in [2.45, 2.75) is 38.7 Å². The molecule has 0 aromatic heterocycles. The predicted molar refractivity (Wildman–Crippen MR) is 37.8 cm³/mol. The minimum Gasteiger partial charge on any atom is -0.481 e. The Kier molecular flexibility index (Phi) is 3.36. The first-order valence-electron chi connectivity index (χ1n) is 3.42. The standard InChI is InChI=1S/C7H14O3/c1-3-7(2,10)5-4-6(8)9/h10H,3-5H2,1-2H3,(H,8,9)/t7-/m0/s1. The molecule has 0 unspecified atom stereocenters. The molecule has 0 saturated carbocycles. The SMILES string of the molecule is CC[C@](C)(O)CCC(=O)O. The third-order valence-corrected chi connectivity index (χ3v) is 1.64. The fourth-order valence-electron chi connectivity index (χ4n) is 0.553. The largest absolute Gasteiger partial charge is 0.481 e. The molecule has 0 aliphatic heterocycles. The molecule has 10 heavy (non-hydrogen) atoms. The van der Waals surface area contributed by atoms with Crippen molar-refractivity contribution in [1.82, 2.24) is 0 Å². The van der Waals surface area contributed by atoms with Gasteiger partial charge in [0, 0.05) is 6.42 Å². The van der Waals surface area contributed by atoms with Crippen molar-refractivity contribution in [3.63, 3.8) is 0 Å². The molecule has 0 aromatic carbocycles. The van der Waals surface area contributed by atoms with Gasteiger partial charge in [0.15, 0.2) is 0 Å². The number of carbonyl (C=O) groups is 1. The van der Waals surface area contributed by atoms with Gasteiger partial charge >= 0.3 is 5.97 Å². The predicted octanol–water partition coefficient (Wildman–Crippen LogP) is 1.01. The van der Waals surface area contributed by atoms with Crippen LogP contribution in [-0.2, 0) is 4.79 Å². The molecule has 0 aromatic rings. The van der Waals surface area contributed by atoms with Gasteiger partial charge in [0.2, 0.25) is 0 Å². The van der Waals surface area contributed by atoms with Crippen LogP contribution in [0.25, 0.3) is 0 Å². The summed E-state index contributed by atoms with van der Waals surface area (Å²) in [5.74, 6) is -0.853. The molecule has 3 nitrogen and oxygen atoms in total. The van der Waals surface area contributed by atoms with Crippen LogP contribution >= 0.6 is 0 Å². The third-order valence-electron chi connectivity index (χ3n) is 1.64. The average molecular weight is 146 g/mol. The highest BCUT2D eigenvalue weighted by atomic mass is 16.4. The fourth-order valence-corrected chi connectivity index (χ4v) is 0.553. The van der Waals surface area contributed by atoms with Crippen molar-refractivity contribution in [3.8, 4) is 0 Å². The van der Waals surface area contributed by atoms with Crippen molar-refractivity contribution in [2.75, 3.05) is 0 Å². The van der Waals surface area contributed by atoms with Gasteiger partial charge in [-0.25, -0.2) is 0 Å². The van der Waals surface area contributed by atoms with Crippen LogP contribution in [0.2, 0.25) is 0 Å². The van der Waals surface area contributed by atoms with Gasteiger partial charge in [-0.3, -0.25) is 4.79 Å². The fraction of sp³-hybridized carbons (Fsp3) is 0.857. The van der Waals surface area contributed by atoms with Gasteiger partial charge in [0.05, 0.1) is 5.60 Å². The van der Waals surface area contributed by atoms with Crippen LogP contribution < -0.4 is 0 Å². The summed E-state index contributed by atoms with van der Waals surface area (Å²) in [4.78, 5) is 10.1. The van der Waals surface area contributed by atoms with E-state index in [1.807, 2.05) is 6.92 Å². The van der Waals surface area contributed by atoms with Crippen LogP contribution in [0.1, 0.15) is 33.1 Å². The van der Waals surface area contributed by atoms with E-state index < -0.39 is 11.6 Å². The van der Waals surface area contributed by atoms with Crippen LogP contribution in [0.5, 0.6) is 0 Å². The molecule has 60 valence electrons. The van der Waals surface area contributed by atoms with Crippen LogP contribution in [0.15, 0.2) is 0 Å². The van der Waals surface area contributed by atoms with Gasteiger partial charge in [0.1, 0.15) is 0 Å². The van der Waals surface area contributed by atoms with E-state index in [2.05, 4.69) is 0 Å². The van der Waals surface area contributed by atoms with E-state index in [9.17, 15) is 9.90 Å². The maximum absolute atomic E-state index is 10.1. The minimum atomic E-state index is -0.853. The Morgan fingerprint density at radius 3 is 2.40 bits per heavy atom. The second kappa shape index (κ2) is 3.56. The Morgan fingerprint density at radius 1 is 1.60 bits per heavy atom. The highest BCUT2D eigenvalue weighted by Crippen LogP contribution is 2.15. The molecule has 1 atom stereocenters. The van der Waals surface area contributed by atoms with E-state index in [4.69, 9.17) is 5.11 Å². The zero-order chi connectivity index (χ0) is 8.20. The lowest BCUT2D eigenvalue weighted by atomic mass is 9.97. The first kappa shape index (κ1) is 9.43. The number of hydrogen-bond acceptors (Lipinski definition) is 2. The lowest BCUT2D eigenvalue weighted by molar-refractivity contribution is -0.138. The van der Waals surface area contributed by atoms with Gasteiger partial charge < -0.3 is 10.2 Å². The highest BCUT2D eigenvalue weighted by Gasteiger charge is 2.18. The van der Waals surface area contributed by atoms with Gasteiger partial charge in [-0.15, -0.1) is 0 Å². The van der Waals surface area contributed by atoms with E-state index in [0.717, 1.165) is 0 Å². The van der Waals surface area contributed by atoms with Crippen molar-refractivity contribution in [1.29, 1.82) is 0 Å². The zero-order valence-electron chi connectivity index (χ0n) is 6.42. The first-order valence-corrected chi connectivity index (χ1v) is 3.42. The second-order valence-electron chi connectivity index (χ2n) is 2.74. The van der Waals surface area contributed by atoms with Gasteiger partial charge in [-0.1, -0.05) is 6.92 Å². The van der Waals surface area contributed by atoms with Crippen molar-refractivity contribution < 1.29 is 15.0 Å². The van der Waals surface area contributed by atoms with Crippen LogP contribution in [0, 0.1) is 0 Å². The Bertz CT molecular complexity index is 118. The van der Waals surface area contributed by atoms with E-state index in [-0.39, 0.29) is 6.42 Å². The second-order valence-corrected chi connectivity index (χ2v) is 2.74. The molecule has 0 fully saturated rings. The lowest BCUT2D eigenvalue weighted by Crippen LogP contribution is -2.23. The molecule has 2 N–H and O–H groups in total. The van der Waals surface area contributed by atoms with Gasteiger partial charge in [0.25, 0.3) is 0 Å². The smallest absolute Gasteiger partial charge is 0.303 e. The summed E-state index contributed by atoms with van der Waals surface area (Å²) >= 11 is 0. The first-order chi connectivity index (χ1) is 4.48.